The molecule has 1 aromatic carbocycles. The van der Waals surface area contributed by atoms with E-state index in [1.165, 1.54) is 0 Å². The summed E-state index contributed by atoms with van der Waals surface area (Å²) >= 11 is 0. The van der Waals surface area contributed by atoms with Gasteiger partial charge in [0.2, 0.25) is 0 Å². The number of aliphatic carboxylic acids is 1. The van der Waals surface area contributed by atoms with Crippen molar-refractivity contribution in [3.05, 3.63) is 35.9 Å². The molecule has 1 atom stereocenters. The zero-order valence-electron chi connectivity index (χ0n) is 10.3. The summed E-state index contributed by atoms with van der Waals surface area (Å²) in [6, 6.07) is 9.23. The first kappa shape index (κ1) is 13.7. The second-order valence-corrected chi connectivity index (χ2v) is 3.85. The molecule has 0 saturated heterocycles. The Kier molecular flexibility index (Phi) is 5.12. The Balaban J connectivity index is 2.97. The Labute approximate surface area is 102 Å². The van der Waals surface area contributed by atoms with E-state index in [9.17, 15) is 9.90 Å². The largest absolute Gasteiger partial charge is 0.480 e. The quantitative estimate of drug-likeness (QED) is 0.707. The van der Waals surface area contributed by atoms with Crippen LogP contribution in [0.2, 0.25) is 0 Å². The van der Waals surface area contributed by atoms with Crippen LogP contribution in [0.1, 0.15) is 18.9 Å². The lowest BCUT2D eigenvalue weighted by Crippen LogP contribution is -2.49. The van der Waals surface area contributed by atoms with E-state index in [0.717, 1.165) is 5.56 Å². The van der Waals surface area contributed by atoms with Gasteiger partial charge in [-0.25, -0.2) is 4.79 Å². The summed E-state index contributed by atoms with van der Waals surface area (Å²) < 4.78 is 4.94. The maximum atomic E-state index is 11.5. The van der Waals surface area contributed by atoms with Crippen LogP contribution in [0.3, 0.4) is 0 Å². The number of nitrogens with one attached hydrogen (secondary N) is 1. The number of methoxy groups -OCH3 is 1. The predicted molar refractivity (Wildman–Crippen MR) is 65.9 cm³/mol. The molecule has 0 heterocycles. The van der Waals surface area contributed by atoms with Gasteiger partial charge in [-0.05, 0) is 12.0 Å². The molecule has 0 aliphatic heterocycles. The summed E-state index contributed by atoms with van der Waals surface area (Å²) in [5, 5.41) is 12.5. The molecule has 1 unspecified atom stereocenters. The summed E-state index contributed by atoms with van der Waals surface area (Å²) in [6.07, 6.45) is 0.482. The molecule has 0 bridgehead atoms. The molecule has 0 fully saturated rings. The third kappa shape index (κ3) is 3.05. The fraction of sp³-hybridized carbons (Fsp3) is 0.462. The zero-order chi connectivity index (χ0) is 12.7. The molecule has 0 spiro atoms. The minimum Gasteiger partial charge on any atom is -0.480 e. The number of carboxylic acids is 1. The van der Waals surface area contributed by atoms with Gasteiger partial charge in [-0.1, -0.05) is 37.3 Å². The van der Waals surface area contributed by atoms with Crippen molar-refractivity contribution in [3.63, 3.8) is 0 Å². The van der Waals surface area contributed by atoms with Crippen LogP contribution in [0.5, 0.6) is 0 Å². The molecule has 1 aromatic rings. The van der Waals surface area contributed by atoms with E-state index in [-0.39, 0.29) is 0 Å². The summed E-state index contributed by atoms with van der Waals surface area (Å²) in [5.74, 6) is -0.859. The molecule has 94 valence electrons. The molecule has 0 radical (unpaired) electrons. The Hall–Kier alpha value is -1.39. The van der Waals surface area contributed by atoms with Crippen LogP contribution in [0, 0.1) is 0 Å². The summed E-state index contributed by atoms with van der Waals surface area (Å²) in [7, 11) is 1.60. The maximum Gasteiger partial charge on any atom is 0.328 e. The van der Waals surface area contributed by atoms with Crippen molar-refractivity contribution >= 4 is 5.97 Å². The first-order valence-electron chi connectivity index (χ1n) is 5.70. The lowest BCUT2D eigenvalue weighted by Gasteiger charge is -2.30. The number of benzene rings is 1. The van der Waals surface area contributed by atoms with Gasteiger partial charge < -0.3 is 9.84 Å². The third-order valence-electron chi connectivity index (χ3n) is 2.89. The molecule has 0 aliphatic rings. The maximum absolute atomic E-state index is 11.5. The smallest absolute Gasteiger partial charge is 0.328 e. The Morgan fingerprint density at radius 1 is 1.41 bits per heavy atom. The van der Waals surface area contributed by atoms with Crippen molar-refractivity contribution in [2.24, 2.45) is 0 Å². The summed E-state index contributed by atoms with van der Waals surface area (Å²) in [6.45, 7) is 2.86. The number of hydrogen-bond acceptors (Lipinski definition) is 3. The van der Waals surface area contributed by atoms with Crippen LogP contribution >= 0.6 is 0 Å². The normalized spacial score (nSPS) is 14.2. The van der Waals surface area contributed by atoms with Crippen LogP contribution in [-0.2, 0) is 15.1 Å². The third-order valence-corrected chi connectivity index (χ3v) is 2.89. The van der Waals surface area contributed by atoms with Gasteiger partial charge in [0, 0.05) is 13.7 Å². The topological polar surface area (TPSA) is 58.6 Å². The lowest BCUT2D eigenvalue weighted by molar-refractivity contribution is -0.145. The first-order chi connectivity index (χ1) is 8.17. The second kappa shape index (κ2) is 6.37. The molecule has 0 saturated carbocycles. The molecular weight excluding hydrogens is 218 g/mol. The first-order valence-corrected chi connectivity index (χ1v) is 5.70. The molecule has 0 aliphatic carbocycles. The highest BCUT2D eigenvalue weighted by atomic mass is 16.5. The van der Waals surface area contributed by atoms with E-state index in [4.69, 9.17) is 4.74 Å². The molecule has 4 nitrogen and oxygen atoms in total. The van der Waals surface area contributed by atoms with Crippen molar-refractivity contribution < 1.29 is 14.6 Å². The number of rotatable bonds is 7. The van der Waals surface area contributed by atoms with Crippen LogP contribution in [0.15, 0.2) is 30.3 Å². The standard InChI is InChI=1S/C13H19NO3/c1-3-13(12(15)16,14-9-10-17-2)11-7-5-4-6-8-11/h4-8,14H,3,9-10H2,1-2H3,(H,15,16). The van der Waals surface area contributed by atoms with Crippen molar-refractivity contribution in [1.29, 1.82) is 0 Å². The van der Waals surface area contributed by atoms with Gasteiger partial charge >= 0.3 is 5.97 Å². The lowest BCUT2D eigenvalue weighted by atomic mass is 9.87. The highest BCUT2D eigenvalue weighted by Crippen LogP contribution is 2.25. The molecular formula is C13H19NO3. The Bertz CT molecular complexity index is 353. The van der Waals surface area contributed by atoms with Gasteiger partial charge in [-0.3, -0.25) is 5.32 Å². The highest BCUT2D eigenvalue weighted by molar-refractivity contribution is 5.80. The molecule has 4 heteroatoms. The van der Waals surface area contributed by atoms with E-state index < -0.39 is 11.5 Å². The van der Waals surface area contributed by atoms with Crippen molar-refractivity contribution in [2.45, 2.75) is 18.9 Å². The Morgan fingerprint density at radius 3 is 2.53 bits per heavy atom. The predicted octanol–water partition coefficient (Wildman–Crippen LogP) is 1.61. The number of carboxylic acid groups (broad SMARTS) is 1. The van der Waals surface area contributed by atoms with Gasteiger partial charge in [0.15, 0.2) is 0 Å². The average Bonchev–Trinajstić information content (AvgIpc) is 2.36. The SMILES string of the molecule is CCC(NCCOC)(C(=O)O)c1ccccc1. The van der Waals surface area contributed by atoms with Gasteiger partial charge in [0.1, 0.15) is 5.54 Å². The van der Waals surface area contributed by atoms with Crippen molar-refractivity contribution in [1.82, 2.24) is 5.32 Å². The van der Waals surface area contributed by atoms with Gasteiger partial charge in [0.25, 0.3) is 0 Å². The minimum atomic E-state index is -1.03. The summed E-state index contributed by atoms with van der Waals surface area (Å²) in [4.78, 5) is 11.5. The summed E-state index contributed by atoms with van der Waals surface area (Å²) in [5.41, 5.74) is -0.258. The van der Waals surface area contributed by atoms with E-state index in [1.807, 2.05) is 37.3 Å². The fourth-order valence-corrected chi connectivity index (χ4v) is 1.87. The fourth-order valence-electron chi connectivity index (χ4n) is 1.87. The number of ether oxygens (including phenoxy) is 1. The molecule has 17 heavy (non-hydrogen) atoms. The van der Waals surface area contributed by atoms with Crippen molar-refractivity contribution in [3.8, 4) is 0 Å². The number of hydrogen-bond donors (Lipinski definition) is 2. The molecule has 0 amide bonds. The van der Waals surface area contributed by atoms with Crippen LogP contribution < -0.4 is 5.32 Å². The Morgan fingerprint density at radius 2 is 2.06 bits per heavy atom. The minimum absolute atomic E-state index is 0.482. The second-order valence-electron chi connectivity index (χ2n) is 3.85. The molecule has 0 aromatic heterocycles. The van der Waals surface area contributed by atoms with Crippen LogP contribution in [-0.4, -0.2) is 31.3 Å². The van der Waals surface area contributed by atoms with Crippen molar-refractivity contribution in [2.75, 3.05) is 20.3 Å². The van der Waals surface area contributed by atoms with E-state index >= 15 is 0 Å². The van der Waals surface area contributed by atoms with Gasteiger partial charge in [-0.2, -0.15) is 0 Å². The van der Waals surface area contributed by atoms with E-state index in [1.54, 1.807) is 7.11 Å². The van der Waals surface area contributed by atoms with Gasteiger partial charge in [0.05, 0.1) is 6.61 Å². The van der Waals surface area contributed by atoms with E-state index in [0.29, 0.717) is 19.6 Å². The highest BCUT2D eigenvalue weighted by Gasteiger charge is 2.37. The molecule has 2 N–H and O–H groups in total. The van der Waals surface area contributed by atoms with Crippen LogP contribution in [0.25, 0.3) is 0 Å². The average molecular weight is 237 g/mol. The van der Waals surface area contributed by atoms with E-state index in [2.05, 4.69) is 5.32 Å². The molecule has 1 rings (SSSR count). The van der Waals surface area contributed by atoms with Gasteiger partial charge in [-0.15, -0.1) is 0 Å². The monoisotopic (exact) mass is 237 g/mol. The van der Waals surface area contributed by atoms with Crippen LogP contribution in [0.4, 0.5) is 0 Å². The zero-order valence-corrected chi connectivity index (χ0v) is 10.3. The number of carbonyl (C=O) groups is 1.